The highest BCUT2D eigenvalue weighted by Gasteiger charge is 2.19. The van der Waals surface area contributed by atoms with Crippen molar-refractivity contribution in [2.45, 2.75) is 23.7 Å². The maximum Gasteiger partial charge on any atom is 0.129 e. The van der Waals surface area contributed by atoms with Crippen LogP contribution in [0.25, 0.3) is 0 Å². The van der Waals surface area contributed by atoms with E-state index in [1.807, 2.05) is 12.3 Å². The molecule has 0 aliphatic carbocycles. The first-order chi connectivity index (χ1) is 7.33. The number of hydrogen-bond acceptors (Lipinski definition) is 3. The molecular formula is C12H17NOS. The van der Waals surface area contributed by atoms with Crippen LogP contribution in [0.2, 0.25) is 0 Å². The second-order valence-corrected chi connectivity index (χ2v) is 4.74. The largest absolute Gasteiger partial charge is 0.507 e. The van der Waals surface area contributed by atoms with Gasteiger partial charge in [0.15, 0.2) is 0 Å². The summed E-state index contributed by atoms with van der Waals surface area (Å²) in [7, 11) is 0. The lowest BCUT2D eigenvalue weighted by molar-refractivity contribution is 0.438. The van der Waals surface area contributed by atoms with E-state index in [4.69, 9.17) is 0 Å². The van der Waals surface area contributed by atoms with Gasteiger partial charge in [-0.05, 0) is 49.7 Å². The Morgan fingerprint density at radius 1 is 1.33 bits per heavy atom. The maximum atomic E-state index is 9.79. The molecule has 82 valence electrons. The van der Waals surface area contributed by atoms with E-state index in [1.54, 1.807) is 17.8 Å². The highest BCUT2D eigenvalue weighted by Crippen LogP contribution is 2.37. The van der Waals surface area contributed by atoms with Gasteiger partial charge >= 0.3 is 0 Å². The molecule has 0 amide bonds. The SMILES string of the molecule is CSc1c(O)cccc1C1CCNCC1. The topological polar surface area (TPSA) is 32.3 Å². The second-order valence-electron chi connectivity index (χ2n) is 3.92. The maximum absolute atomic E-state index is 9.79. The molecule has 1 aromatic rings. The van der Waals surface area contributed by atoms with Crippen molar-refractivity contribution in [2.24, 2.45) is 0 Å². The monoisotopic (exact) mass is 223 g/mol. The molecule has 1 heterocycles. The first-order valence-electron chi connectivity index (χ1n) is 5.39. The molecule has 0 saturated carbocycles. The summed E-state index contributed by atoms with van der Waals surface area (Å²) < 4.78 is 0. The number of hydrogen-bond donors (Lipinski definition) is 2. The summed E-state index contributed by atoms with van der Waals surface area (Å²) in [5.74, 6) is 1.04. The molecule has 1 aromatic carbocycles. The number of aromatic hydroxyl groups is 1. The van der Waals surface area contributed by atoms with Crippen LogP contribution in [0.4, 0.5) is 0 Å². The van der Waals surface area contributed by atoms with E-state index in [0.29, 0.717) is 11.7 Å². The van der Waals surface area contributed by atoms with Gasteiger partial charge in [0, 0.05) is 0 Å². The number of phenolic OH excluding ortho intramolecular Hbond substituents is 1. The van der Waals surface area contributed by atoms with Gasteiger partial charge in [0.2, 0.25) is 0 Å². The Bertz CT molecular complexity index is 334. The van der Waals surface area contributed by atoms with Gasteiger partial charge in [-0.15, -0.1) is 11.8 Å². The zero-order chi connectivity index (χ0) is 10.7. The molecule has 1 aliphatic rings. The van der Waals surface area contributed by atoms with Gasteiger partial charge in [0.1, 0.15) is 5.75 Å². The highest BCUT2D eigenvalue weighted by atomic mass is 32.2. The molecule has 2 rings (SSSR count). The zero-order valence-electron chi connectivity index (χ0n) is 8.99. The van der Waals surface area contributed by atoms with Crippen molar-refractivity contribution in [1.29, 1.82) is 0 Å². The van der Waals surface area contributed by atoms with Crippen LogP contribution in [0, 0.1) is 0 Å². The first-order valence-corrected chi connectivity index (χ1v) is 6.62. The number of nitrogens with one attached hydrogen (secondary N) is 1. The van der Waals surface area contributed by atoms with E-state index >= 15 is 0 Å². The van der Waals surface area contributed by atoms with Crippen molar-refractivity contribution in [3.8, 4) is 5.75 Å². The molecule has 0 atom stereocenters. The molecule has 0 unspecified atom stereocenters. The Morgan fingerprint density at radius 3 is 2.73 bits per heavy atom. The van der Waals surface area contributed by atoms with Crippen LogP contribution in [-0.4, -0.2) is 24.5 Å². The van der Waals surface area contributed by atoms with Crippen molar-refractivity contribution in [3.05, 3.63) is 23.8 Å². The van der Waals surface area contributed by atoms with E-state index in [0.717, 1.165) is 18.0 Å². The molecule has 0 radical (unpaired) electrons. The fourth-order valence-corrected chi connectivity index (χ4v) is 2.97. The van der Waals surface area contributed by atoms with Gasteiger partial charge in [-0.25, -0.2) is 0 Å². The molecule has 0 bridgehead atoms. The molecular weight excluding hydrogens is 206 g/mol. The Morgan fingerprint density at radius 2 is 2.07 bits per heavy atom. The quantitative estimate of drug-likeness (QED) is 0.756. The van der Waals surface area contributed by atoms with Crippen molar-refractivity contribution in [1.82, 2.24) is 5.32 Å². The number of piperidine rings is 1. The third-order valence-corrected chi connectivity index (χ3v) is 3.86. The second kappa shape index (κ2) is 4.90. The van der Waals surface area contributed by atoms with Crippen LogP contribution >= 0.6 is 11.8 Å². The predicted octanol–water partition coefficient (Wildman–Crippen LogP) is 2.58. The van der Waals surface area contributed by atoms with E-state index < -0.39 is 0 Å². The van der Waals surface area contributed by atoms with Gasteiger partial charge in [0.05, 0.1) is 4.90 Å². The van der Waals surface area contributed by atoms with Crippen molar-refractivity contribution >= 4 is 11.8 Å². The van der Waals surface area contributed by atoms with Crippen LogP contribution in [0.3, 0.4) is 0 Å². The minimum absolute atomic E-state index is 0.429. The molecule has 1 fully saturated rings. The van der Waals surface area contributed by atoms with E-state index in [1.165, 1.54) is 18.4 Å². The molecule has 3 heteroatoms. The van der Waals surface area contributed by atoms with Crippen LogP contribution in [0.15, 0.2) is 23.1 Å². The van der Waals surface area contributed by atoms with Crippen LogP contribution in [0.5, 0.6) is 5.75 Å². The summed E-state index contributed by atoms with van der Waals surface area (Å²) in [6.45, 7) is 2.18. The van der Waals surface area contributed by atoms with Gasteiger partial charge in [-0.3, -0.25) is 0 Å². The summed E-state index contributed by atoms with van der Waals surface area (Å²) in [5.41, 5.74) is 1.32. The summed E-state index contributed by atoms with van der Waals surface area (Å²) in [5, 5.41) is 13.2. The summed E-state index contributed by atoms with van der Waals surface area (Å²) in [4.78, 5) is 1.06. The third kappa shape index (κ3) is 2.29. The fraction of sp³-hybridized carbons (Fsp3) is 0.500. The number of benzene rings is 1. The Balaban J connectivity index is 2.29. The lowest BCUT2D eigenvalue weighted by atomic mass is 9.90. The van der Waals surface area contributed by atoms with E-state index in [2.05, 4.69) is 11.4 Å². The Kier molecular flexibility index (Phi) is 3.54. The lowest BCUT2D eigenvalue weighted by Crippen LogP contribution is -2.26. The fourth-order valence-electron chi connectivity index (χ4n) is 2.22. The number of rotatable bonds is 2. The smallest absolute Gasteiger partial charge is 0.129 e. The average Bonchev–Trinajstić information content (AvgIpc) is 2.30. The summed E-state index contributed by atoms with van der Waals surface area (Å²) >= 11 is 1.65. The van der Waals surface area contributed by atoms with Crippen molar-refractivity contribution in [2.75, 3.05) is 19.3 Å². The van der Waals surface area contributed by atoms with Crippen LogP contribution in [-0.2, 0) is 0 Å². The van der Waals surface area contributed by atoms with Crippen molar-refractivity contribution in [3.63, 3.8) is 0 Å². The van der Waals surface area contributed by atoms with Gasteiger partial charge in [-0.1, -0.05) is 12.1 Å². The van der Waals surface area contributed by atoms with E-state index in [9.17, 15) is 5.11 Å². The third-order valence-electron chi connectivity index (χ3n) is 3.01. The minimum atomic E-state index is 0.429. The predicted molar refractivity (Wildman–Crippen MR) is 64.7 cm³/mol. The highest BCUT2D eigenvalue weighted by molar-refractivity contribution is 7.98. The van der Waals surface area contributed by atoms with Crippen LogP contribution in [0.1, 0.15) is 24.3 Å². The summed E-state index contributed by atoms with van der Waals surface area (Å²) in [6, 6.07) is 5.88. The molecule has 1 aliphatic heterocycles. The molecule has 0 aromatic heterocycles. The van der Waals surface area contributed by atoms with Gasteiger partial charge in [0.25, 0.3) is 0 Å². The van der Waals surface area contributed by atoms with Crippen molar-refractivity contribution < 1.29 is 5.11 Å². The number of phenols is 1. The van der Waals surface area contributed by atoms with E-state index in [-0.39, 0.29) is 0 Å². The zero-order valence-corrected chi connectivity index (χ0v) is 9.81. The molecule has 2 nitrogen and oxygen atoms in total. The van der Waals surface area contributed by atoms with Gasteiger partial charge < -0.3 is 10.4 Å². The van der Waals surface area contributed by atoms with Crippen LogP contribution < -0.4 is 5.32 Å². The molecule has 1 saturated heterocycles. The normalized spacial score (nSPS) is 17.9. The standard InChI is InChI=1S/C12H17NOS/c1-15-12-10(3-2-4-11(12)14)9-5-7-13-8-6-9/h2-4,9,13-14H,5-8H2,1H3. The molecule has 0 spiro atoms. The lowest BCUT2D eigenvalue weighted by Gasteiger charge is -2.24. The molecule has 15 heavy (non-hydrogen) atoms. The Labute approximate surface area is 95.1 Å². The number of thioether (sulfide) groups is 1. The van der Waals surface area contributed by atoms with Gasteiger partial charge in [-0.2, -0.15) is 0 Å². The Hall–Kier alpha value is -0.670. The molecule has 2 N–H and O–H groups in total. The average molecular weight is 223 g/mol. The minimum Gasteiger partial charge on any atom is -0.507 e. The summed E-state index contributed by atoms with van der Waals surface area (Å²) in [6.07, 6.45) is 4.38. The first kappa shape index (κ1) is 10.8.